The number of rotatable bonds is 6. The minimum absolute atomic E-state index is 0.235. The van der Waals surface area contributed by atoms with Gasteiger partial charge in [0.1, 0.15) is 35.9 Å². The smallest absolute Gasteiger partial charge is 0.226 e. The standard InChI is InChI=1S/C21H15FN2O3/c22-16-5-3-4-15(12-16)21-24-17(14-26-21)13-25-18-7-9-19(10-8-18)27-20-6-1-2-11-23-20/h1-12,14H,13H2. The molecule has 0 unspecified atom stereocenters. The highest BCUT2D eigenvalue weighted by atomic mass is 19.1. The predicted molar refractivity (Wildman–Crippen MR) is 97.0 cm³/mol. The second-order valence-electron chi connectivity index (χ2n) is 5.68. The van der Waals surface area contributed by atoms with Crippen molar-refractivity contribution in [3.63, 3.8) is 0 Å². The molecule has 2 heterocycles. The number of oxazole rings is 1. The molecule has 4 rings (SSSR count). The Hall–Kier alpha value is -3.67. The lowest BCUT2D eigenvalue weighted by molar-refractivity contribution is 0.300. The van der Waals surface area contributed by atoms with Crippen molar-refractivity contribution < 1.29 is 18.3 Å². The van der Waals surface area contributed by atoms with Crippen LogP contribution in [-0.2, 0) is 6.61 Å². The van der Waals surface area contributed by atoms with Crippen LogP contribution in [0, 0.1) is 5.82 Å². The molecular formula is C21H15FN2O3. The van der Waals surface area contributed by atoms with E-state index in [0.29, 0.717) is 34.5 Å². The van der Waals surface area contributed by atoms with Gasteiger partial charge < -0.3 is 13.9 Å². The molecule has 0 spiro atoms. The van der Waals surface area contributed by atoms with Gasteiger partial charge in [-0.3, -0.25) is 0 Å². The summed E-state index contributed by atoms with van der Waals surface area (Å²) in [6, 6.07) is 18.7. The number of pyridine rings is 1. The summed E-state index contributed by atoms with van der Waals surface area (Å²) in [6.07, 6.45) is 3.17. The fourth-order valence-corrected chi connectivity index (χ4v) is 2.42. The first-order valence-electron chi connectivity index (χ1n) is 8.28. The molecule has 5 nitrogen and oxygen atoms in total. The van der Waals surface area contributed by atoms with Crippen LogP contribution in [0.2, 0.25) is 0 Å². The molecule has 0 saturated carbocycles. The number of nitrogens with zero attached hydrogens (tertiary/aromatic N) is 2. The maximum Gasteiger partial charge on any atom is 0.226 e. The van der Waals surface area contributed by atoms with Crippen LogP contribution in [0.3, 0.4) is 0 Å². The van der Waals surface area contributed by atoms with Crippen LogP contribution in [0.25, 0.3) is 11.5 Å². The average molecular weight is 362 g/mol. The second-order valence-corrected chi connectivity index (χ2v) is 5.68. The fraction of sp³-hybridized carbons (Fsp3) is 0.0476. The quantitative estimate of drug-likeness (QED) is 0.469. The van der Waals surface area contributed by atoms with E-state index in [4.69, 9.17) is 13.9 Å². The summed E-state index contributed by atoms with van der Waals surface area (Å²) in [7, 11) is 0. The SMILES string of the molecule is Fc1cccc(-c2nc(COc3ccc(Oc4ccccn4)cc3)co2)c1. The van der Waals surface area contributed by atoms with Crippen LogP contribution in [0.15, 0.2) is 83.6 Å². The summed E-state index contributed by atoms with van der Waals surface area (Å²) in [5.41, 5.74) is 1.19. The van der Waals surface area contributed by atoms with Gasteiger partial charge in [0.15, 0.2) is 0 Å². The van der Waals surface area contributed by atoms with Gasteiger partial charge in [-0.05, 0) is 48.5 Å². The Labute approximate surface area is 155 Å². The highest BCUT2D eigenvalue weighted by Gasteiger charge is 2.08. The van der Waals surface area contributed by atoms with Crippen molar-refractivity contribution in [2.75, 3.05) is 0 Å². The van der Waals surface area contributed by atoms with Crippen molar-refractivity contribution in [3.8, 4) is 28.8 Å². The molecular weight excluding hydrogens is 347 g/mol. The van der Waals surface area contributed by atoms with E-state index in [1.807, 2.05) is 12.1 Å². The topological polar surface area (TPSA) is 57.4 Å². The number of halogens is 1. The average Bonchev–Trinajstić information content (AvgIpc) is 3.17. The Kier molecular flexibility index (Phi) is 4.78. The lowest BCUT2D eigenvalue weighted by atomic mass is 10.2. The lowest BCUT2D eigenvalue weighted by Crippen LogP contribution is -1.96. The van der Waals surface area contributed by atoms with E-state index in [2.05, 4.69) is 9.97 Å². The van der Waals surface area contributed by atoms with Crippen molar-refractivity contribution in [1.29, 1.82) is 0 Å². The molecule has 27 heavy (non-hydrogen) atoms. The van der Waals surface area contributed by atoms with Crippen LogP contribution in [-0.4, -0.2) is 9.97 Å². The summed E-state index contributed by atoms with van der Waals surface area (Å²) in [5.74, 6) is 1.87. The number of hydrogen-bond donors (Lipinski definition) is 0. The largest absolute Gasteiger partial charge is 0.487 e. The summed E-state index contributed by atoms with van der Waals surface area (Å²) < 4.78 is 30.0. The molecule has 0 atom stereocenters. The predicted octanol–water partition coefficient (Wildman–Crippen LogP) is 5.25. The molecule has 0 N–H and O–H groups in total. The maximum absolute atomic E-state index is 13.3. The maximum atomic E-state index is 13.3. The number of hydrogen-bond acceptors (Lipinski definition) is 5. The van der Waals surface area contributed by atoms with Crippen LogP contribution in [0.5, 0.6) is 17.4 Å². The van der Waals surface area contributed by atoms with Crippen molar-refractivity contribution in [1.82, 2.24) is 9.97 Å². The van der Waals surface area contributed by atoms with Crippen molar-refractivity contribution in [2.45, 2.75) is 6.61 Å². The van der Waals surface area contributed by atoms with Gasteiger partial charge in [-0.15, -0.1) is 0 Å². The lowest BCUT2D eigenvalue weighted by Gasteiger charge is -2.06. The zero-order valence-electron chi connectivity index (χ0n) is 14.2. The third kappa shape index (κ3) is 4.30. The van der Waals surface area contributed by atoms with Crippen LogP contribution in [0.4, 0.5) is 4.39 Å². The Morgan fingerprint density at radius 1 is 0.926 bits per heavy atom. The van der Waals surface area contributed by atoms with Gasteiger partial charge in [0, 0.05) is 17.8 Å². The van der Waals surface area contributed by atoms with Crippen LogP contribution in [0.1, 0.15) is 5.69 Å². The molecule has 0 amide bonds. The van der Waals surface area contributed by atoms with Crippen molar-refractivity contribution >= 4 is 0 Å². The Bertz CT molecular complexity index is 1020. The number of ether oxygens (including phenoxy) is 2. The monoisotopic (exact) mass is 362 g/mol. The molecule has 0 radical (unpaired) electrons. The third-order valence-corrected chi connectivity index (χ3v) is 3.69. The van der Waals surface area contributed by atoms with Gasteiger partial charge >= 0.3 is 0 Å². The summed E-state index contributed by atoms with van der Waals surface area (Å²) >= 11 is 0. The highest BCUT2D eigenvalue weighted by Crippen LogP contribution is 2.23. The molecule has 2 aromatic carbocycles. The molecule has 134 valence electrons. The molecule has 0 saturated heterocycles. The Morgan fingerprint density at radius 2 is 1.78 bits per heavy atom. The third-order valence-electron chi connectivity index (χ3n) is 3.69. The van der Waals surface area contributed by atoms with E-state index in [9.17, 15) is 4.39 Å². The first kappa shape index (κ1) is 16.8. The van der Waals surface area contributed by atoms with Crippen molar-refractivity contribution in [3.05, 3.63) is 90.7 Å². The molecule has 0 aliphatic carbocycles. The van der Waals surface area contributed by atoms with Gasteiger partial charge in [-0.1, -0.05) is 12.1 Å². The molecule has 0 fully saturated rings. The van der Waals surface area contributed by atoms with Gasteiger partial charge in [-0.25, -0.2) is 14.4 Å². The van der Waals surface area contributed by atoms with E-state index >= 15 is 0 Å². The van der Waals surface area contributed by atoms with E-state index < -0.39 is 0 Å². The highest BCUT2D eigenvalue weighted by molar-refractivity contribution is 5.52. The minimum Gasteiger partial charge on any atom is -0.487 e. The first-order chi connectivity index (χ1) is 13.3. The first-order valence-corrected chi connectivity index (χ1v) is 8.28. The second kappa shape index (κ2) is 7.70. The van der Waals surface area contributed by atoms with E-state index in [0.717, 1.165) is 0 Å². The number of aromatic nitrogens is 2. The van der Waals surface area contributed by atoms with E-state index in [1.165, 1.54) is 18.4 Å². The summed E-state index contributed by atoms with van der Waals surface area (Å²) in [4.78, 5) is 8.43. The minimum atomic E-state index is -0.337. The summed E-state index contributed by atoms with van der Waals surface area (Å²) in [5, 5.41) is 0. The van der Waals surface area contributed by atoms with Gasteiger partial charge in [0.25, 0.3) is 0 Å². The molecule has 6 heteroatoms. The molecule has 0 aliphatic rings. The Morgan fingerprint density at radius 3 is 2.56 bits per heavy atom. The number of benzene rings is 2. The molecule has 2 aromatic heterocycles. The van der Waals surface area contributed by atoms with Crippen molar-refractivity contribution in [2.24, 2.45) is 0 Å². The van der Waals surface area contributed by atoms with Gasteiger partial charge in [-0.2, -0.15) is 0 Å². The van der Waals surface area contributed by atoms with Gasteiger partial charge in [0.2, 0.25) is 11.8 Å². The fourth-order valence-electron chi connectivity index (χ4n) is 2.42. The zero-order chi connectivity index (χ0) is 18.5. The zero-order valence-corrected chi connectivity index (χ0v) is 14.2. The summed E-state index contributed by atoms with van der Waals surface area (Å²) in [6.45, 7) is 0.235. The molecule has 4 aromatic rings. The molecule has 0 aliphatic heterocycles. The van der Waals surface area contributed by atoms with E-state index in [-0.39, 0.29) is 12.4 Å². The van der Waals surface area contributed by atoms with Gasteiger partial charge in [0.05, 0.1) is 0 Å². The van der Waals surface area contributed by atoms with E-state index in [1.54, 1.807) is 48.7 Å². The Balaban J connectivity index is 1.36. The van der Waals surface area contributed by atoms with Crippen LogP contribution >= 0.6 is 0 Å². The normalized spacial score (nSPS) is 10.6. The van der Waals surface area contributed by atoms with Crippen LogP contribution < -0.4 is 9.47 Å². The molecule has 0 bridgehead atoms.